The molecule has 0 unspecified atom stereocenters. The number of aryl methyl sites for hydroxylation is 1. The van der Waals surface area contributed by atoms with E-state index in [4.69, 9.17) is 14.2 Å². The molecule has 4 heteroatoms. The van der Waals surface area contributed by atoms with Gasteiger partial charge >= 0.3 is 0 Å². The first kappa shape index (κ1) is 15.3. The maximum Gasteiger partial charge on any atom is 0.117 e. The van der Waals surface area contributed by atoms with Gasteiger partial charge in [-0.05, 0) is 41.5 Å². The molecule has 0 amide bonds. The number of benzene rings is 1. The van der Waals surface area contributed by atoms with Gasteiger partial charge in [-0.3, -0.25) is 0 Å². The SMILES string of the molecule is CC[C@H]1O[C@@H]2c3ccsc3CO[C@@H]2[C@H]1OCc1ccccc1C. The Morgan fingerprint density at radius 1 is 1.26 bits per heavy atom. The summed E-state index contributed by atoms with van der Waals surface area (Å²) < 4.78 is 18.7. The Bertz CT molecular complexity index is 681. The van der Waals surface area contributed by atoms with Gasteiger partial charge in [-0.2, -0.15) is 0 Å². The number of rotatable bonds is 4. The van der Waals surface area contributed by atoms with Gasteiger partial charge in [0.25, 0.3) is 0 Å². The molecular formula is C19H22O3S. The van der Waals surface area contributed by atoms with Crippen LogP contribution in [0.1, 0.15) is 41.0 Å². The minimum atomic E-state index is -0.00217. The molecule has 0 spiro atoms. The number of hydrogen-bond acceptors (Lipinski definition) is 4. The molecule has 2 aliphatic rings. The highest BCUT2D eigenvalue weighted by Gasteiger charge is 2.48. The summed E-state index contributed by atoms with van der Waals surface area (Å²) in [6.45, 7) is 5.57. The Hall–Kier alpha value is -1.20. The molecule has 1 aromatic carbocycles. The van der Waals surface area contributed by atoms with Crippen molar-refractivity contribution in [2.24, 2.45) is 0 Å². The van der Waals surface area contributed by atoms with E-state index in [9.17, 15) is 0 Å². The highest BCUT2D eigenvalue weighted by Crippen LogP contribution is 2.44. The molecule has 0 radical (unpaired) electrons. The number of ether oxygens (including phenoxy) is 3. The second-order valence-electron chi connectivity index (χ2n) is 6.28. The van der Waals surface area contributed by atoms with E-state index in [2.05, 4.69) is 49.6 Å². The van der Waals surface area contributed by atoms with E-state index in [0.29, 0.717) is 13.2 Å². The Morgan fingerprint density at radius 3 is 2.96 bits per heavy atom. The van der Waals surface area contributed by atoms with Crippen molar-refractivity contribution in [3.63, 3.8) is 0 Å². The van der Waals surface area contributed by atoms with Crippen LogP contribution in [-0.2, 0) is 27.4 Å². The van der Waals surface area contributed by atoms with Crippen molar-refractivity contribution >= 4 is 11.3 Å². The van der Waals surface area contributed by atoms with Crippen molar-refractivity contribution < 1.29 is 14.2 Å². The lowest BCUT2D eigenvalue weighted by Crippen LogP contribution is -2.36. The first-order valence-electron chi connectivity index (χ1n) is 8.27. The van der Waals surface area contributed by atoms with Crippen LogP contribution in [0.5, 0.6) is 0 Å². The lowest BCUT2D eigenvalue weighted by molar-refractivity contribution is -0.0852. The molecule has 0 bridgehead atoms. The summed E-state index contributed by atoms with van der Waals surface area (Å²) in [5.41, 5.74) is 3.80. The molecule has 2 aliphatic heterocycles. The van der Waals surface area contributed by atoms with E-state index in [0.717, 1.165) is 6.42 Å². The van der Waals surface area contributed by atoms with Gasteiger partial charge in [0.05, 0.1) is 19.3 Å². The highest BCUT2D eigenvalue weighted by molar-refractivity contribution is 7.10. The summed E-state index contributed by atoms with van der Waals surface area (Å²) in [5, 5.41) is 2.13. The zero-order valence-electron chi connectivity index (χ0n) is 13.5. The van der Waals surface area contributed by atoms with Crippen LogP contribution in [0.15, 0.2) is 35.7 Å². The second-order valence-corrected chi connectivity index (χ2v) is 7.28. The third-order valence-corrected chi connectivity index (χ3v) is 5.81. The second kappa shape index (κ2) is 6.36. The molecule has 122 valence electrons. The van der Waals surface area contributed by atoms with Crippen molar-refractivity contribution in [1.29, 1.82) is 0 Å². The van der Waals surface area contributed by atoms with Crippen LogP contribution in [-0.4, -0.2) is 18.3 Å². The van der Waals surface area contributed by atoms with Crippen molar-refractivity contribution in [2.75, 3.05) is 0 Å². The smallest absolute Gasteiger partial charge is 0.117 e. The molecule has 23 heavy (non-hydrogen) atoms. The molecule has 1 fully saturated rings. The molecule has 1 saturated heterocycles. The number of fused-ring (bicyclic) bond motifs is 3. The van der Waals surface area contributed by atoms with E-state index < -0.39 is 0 Å². The summed E-state index contributed by atoms with van der Waals surface area (Å²) >= 11 is 1.75. The standard InChI is InChI=1S/C19H22O3S/c1-3-15-18(20-10-13-7-5-4-6-12(13)2)19-17(22-15)14-8-9-23-16(14)11-21-19/h4-9,15,17-19H,3,10-11H2,1-2H3/t15-,17-,18+,19+/m1/s1. The molecule has 0 N–H and O–H groups in total. The number of thiophene rings is 1. The fourth-order valence-electron chi connectivity index (χ4n) is 3.54. The van der Waals surface area contributed by atoms with Crippen LogP contribution in [0, 0.1) is 6.92 Å². The van der Waals surface area contributed by atoms with Gasteiger partial charge in [-0.25, -0.2) is 0 Å². The van der Waals surface area contributed by atoms with Crippen molar-refractivity contribution in [1.82, 2.24) is 0 Å². The summed E-state index contributed by atoms with van der Waals surface area (Å²) in [5.74, 6) is 0. The van der Waals surface area contributed by atoms with E-state index in [1.807, 2.05) is 0 Å². The first-order chi connectivity index (χ1) is 11.3. The quantitative estimate of drug-likeness (QED) is 0.832. The maximum atomic E-state index is 6.29. The summed E-state index contributed by atoms with van der Waals surface area (Å²) in [6.07, 6.45) is 1.06. The predicted octanol–water partition coefficient (Wildman–Crippen LogP) is 4.39. The van der Waals surface area contributed by atoms with Crippen LogP contribution in [0.25, 0.3) is 0 Å². The Labute approximate surface area is 141 Å². The third-order valence-electron chi connectivity index (χ3n) is 4.90. The van der Waals surface area contributed by atoms with E-state index in [1.165, 1.54) is 21.6 Å². The van der Waals surface area contributed by atoms with E-state index >= 15 is 0 Å². The summed E-state index contributed by atoms with van der Waals surface area (Å²) in [7, 11) is 0. The molecule has 2 aromatic rings. The van der Waals surface area contributed by atoms with Crippen LogP contribution in [0.2, 0.25) is 0 Å². The van der Waals surface area contributed by atoms with E-state index in [-0.39, 0.29) is 24.4 Å². The third kappa shape index (κ3) is 2.74. The van der Waals surface area contributed by atoms with Gasteiger partial charge in [-0.15, -0.1) is 11.3 Å². The average molecular weight is 330 g/mol. The maximum absolute atomic E-state index is 6.29. The normalized spacial score (nSPS) is 29.3. The summed E-state index contributed by atoms with van der Waals surface area (Å²) in [6, 6.07) is 10.5. The van der Waals surface area contributed by atoms with Gasteiger partial charge in [0, 0.05) is 4.88 Å². The molecule has 4 atom stereocenters. The minimum absolute atomic E-state index is 0.00217. The predicted molar refractivity (Wildman–Crippen MR) is 90.6 cm³/mol. The minimum Gasteiger partial charge on any atom is -0.368 e. The zero-order chi connectivity index (χ0) is 15.8. The zero-order valence-corrected chi connectivity index (χ0v) is 14.3. The van der Waals surface area contributed by atoms with Crippen LogP contribution < -0.4 is 0 Å². The molecule has 0 saturated carbocycles. The lowest BCUT2D eigenvalue weighted by atomic mass is 9.98. The molecular weight excluding hydrogens is 308 g/mol. The van der Waals surface area contributed by atoms with Crippen molar-refractivity contribution in [3.8, 4) is 0 Å². The summed E-state index contributed by atoms with van der Waals surface area (Å²) in [4.78, 5) is 1.29. The lowest BCUT2D eigenvalue weighted by Gasteiger charge is -2.28. The monoisotopic (exact) mass is 330 g/mol. The topological polar surface area (TPSA) is 27.7 Å². The Morgan fingerprint density at radius 2 is 2.13 bits per heavy atom. The van der Waals surface area contributed by atoms with Crippen LogP contribution >= 0.6 is 11.3 Å². The average Bonchev–Trinajstić information content (AvgIpc) is 3.17. The fraction of sp³-hybridized carbons (Fsp3) is 0.474. The molecule has 3 nitrogen and oxygen atoms in total. The Balaban J connectivity index is 1.53. The molecule has 3 heterocycles. The van der Waals surface area contributed by atoms with Crippen molar-refractivity contribution in [2.45, 2.75) is 57.9 Å². The van der Waals surface area contributed by atoms with Gasteiger partial charge < -0.3 is 14.2 Å². The van der Waals surface area contributed by atoms with Crippen LogP contribution in [0.4, 0.5) is 0 Å². The molecule has 0 aliphatic carbocycles. The molecule has 1 aromatic heterocycles. The number of hydrogen-bond donors (Lipinski definition) is 0. The van der Waals surface area contributed by atoms with Gasteiger partial charge in [-0.1, -0.05) is 31.2 Å². The largest absolute Gasteiger partial charge is 0.368 e. The Kier molecular flexibility index (Phi) is 4.24. The highest BCUT2D eigenvalue weighted by atomic mass is 32.1. The van der Waals surface area contributed by atoms with Gasteiger partial charge in [0.15, 0.2) is 0 Å². The van der Waals surface area contributed by atoms with E-state index in [1.54, 1.807) is 11.3 Å². The fourth-order valence-corrected chi connectivity index (χ4v) is 4.38. The first-order valence-corrected chi connectivity index (χ1v) is 9.15. The van der Waals surface area contributed by atoms with Crippen molar-refractivity contribution in [3.05, 3.63) is 57.3 Å². The molecule has 4 rings (SSSR count). The van der Waals surface area contributed by atoms with Gasteiger partial charge in [0.2, 0.25) is 0 Å². The van der Waals surface area contributed by atoms with Gasteiger partial charge in [0.1, 0.15) is 18.3 Å². The van der Waals surface area contributed by atoms with Crippen LogP contribution in [0.3, 0.4) is 0 Å².